The fourth-order valence-electron chi connectivity index (χ4n) is 1.15. The number of ether oxygens (including phenoxy) is 1. The Morgan fingerprint density at radius 3 is 1.80 bits per heavy atom. The van der Waals surface area contributed by atoms with Gasteiger partial charge in [-0.3, -0.25) is 0 Å². The Hall–Kier alpha value is -1.69. The maximum atomic E-state index is 5.51. The molecule has 0 unspecified atom stereocenters. The average Bonchev–Trinajstić information content (AvgIpc) is 2.60. The molecule has 0 radical (unpaired) electrons. The molecule has 0 saturated carbocycles. The molecule has 0 amide bonds. The van der Waals surface area contributed by atoms with Crippen molar-refractivity contribution in [3.63, 3.8) is 0 Å². The van der Waals surface area contributed by atoms with E-state index in [1.54, 1.807) is 24.3 Å². The number of nitrogens with zero attached hydrogens (tertiary/aromatic N) is 4. The first-order valence-corrected chi connectivity index (χ1v) is 8.56. The van der Waals surface area contributed by atoms with E-state index in [1.165, 1.54) is 12.7 Å². The summed E-state index contributed by atoms with van der Waals surface area (Å²) in [5, 5.41) is 15.5. The van der Waals surface area contributed by atoms with Crippen molar-refractivity contribution in [3.8, 4) is 0 Å². The fourth-order valence-corrected chi connectivity index (χ4v) is 1.46. The first-order chi connectivity index (χ1) is 11.9. The van der Waals surface area contributed by atoms with Crippen LogP contribution < -0.4 is 0 Å². The molecule has 2 rings (SSSR count). The molecule has 2 aromatic heterocycles. The number of unbranched alkanes of at least 4 members (excludes halogenated alkanes) is 1. The van der Waals surface area contributed by atoms with Gasteiger partial charge in [-0.05, 0) is 43.2 Å². The molecule has 0 aliphatic carbocycles. The summed E-state index contributed by atoms with van der Waals surface area (Å²) in [5.74, 6) is 0. The molecule has 8 heteroatoms. The number of rotatable bonds is 5. The summed E-state index contributed by atoms with van der Waals surface area (Å²) in [6.45, 7) is 11.9. The minimum atomic E-state index is 0.356. The summed E-state index contributed by atoms with van der Waals surface area (Å²) < 4.78 is 4.84. The van der Waals surface area contributed by atoms with E-state index in [0.717, 1.165) is 24.3 Å². The molecule has 2 aromatic rings. The normalized spacial score (nSPS) is 9.00. The van der Waals surface area contributed by atoms with Crippen molar-refractivity contribution in [2.45, 2.75) is 26.7 Å². The van der Waals surface area contributed by atoms with Crippen molar-refractivity contribution in [3.05, 3.63) is 64.8 Å². The van der Waals surface area contributed by atoms with Crippen molar-refractivity contribution >= 4 is 40.4 Å². The van der Waals surface area contributed by atoms with Crippen molar-refractivity contribution < 1.29 is 4.74 Å². The minimum absolute atomic E-state index is 0.356. The molecular formula is C17H21Cl3N4O. The van der Waals surface area contributed by atoms with Crippen molar-refractivity contribution in [1.82, 2.24) is 20.4 Å². The second-order valence-corrected chi connectivity index (χ2v) is 5.75. The van der Waals surface area contributed by atoms with Gasteiger partial charge in [-0.25, -0.2) is 0 Å². The van der Waals surface area contributed by atoms with E-state index < -0.39 is 0 Å². The fraction of sp³-hybridized carbons (Fsp3) is 0.294. The zero-order valence-corrected chi connectivity index (χ0v) is 16.5. The SMILES string of the molecule is C=C(C)c1ccc(Cl)nn1.C=COCCCC.Clc1ccc(Cl)nn1. The molecule has 5 nitrogen and oxygen atoms in total. The lowest BCUT2D eigenvalue weighted by Gasteiger charge is -1.94. The van der Waals surface area contributed by atoms with Crippen LogP contribution in [0.4, 0.5) is 0 Å². The maximum absolute atomic E-state index is 5.51. The van der Waals surface area contributed by atoms with Crippen LogP contribution in [0.3, 0.4) is 0 Å². The van der Waals surface area contributed by atoms with Crippen LogP contribution in [0.15, 0.2) is 43.7 Å². The van der Waals surface area contributed by atoms with Crippen LogP contribution in [0.2, 0.25) is 15.5 Å². The summed E-state index contributed by atoms with van der Waals surface area (Å²) >= 11 is 16.3. The lowest BCUT2D eigenvalue weighted by atomic mass is 10.2. The smallest absolute Gasteiger partial charge is 0.151 e. The van der Waals surface area contributed by atoms with Crippen molar-refractivity contribution in [1.29, 1.82) is 0 Å². The van der Waals surface area contributed by atoms with E-state index in [4.69, 9.17) is 39.5 Å². The predicted molar refractivity (Wildman–Crippen MR) is 105 cm³/mol. The van der Waals surface area contributed by atoms with Crippen LogP contribution in [0.5, 0.6) is 0 Å². The van der Waals surface area contributed by atoms with Crippen molar-refractivity contribution in [2.24, 2.45) is 0 Å². The number of hydrogen-bond donors (Lipinski definition) is 0. The maximum Gasteiger partial charge on any atom is 0.151 e. The number of hydrogen-bond acceptors (Lipinski definition) is 5. The molecule has 0 aliphatic rings. The third kappa shape index (κ3) is 13.3. The highest BCUT2D eigenvalue weighted by Gasteiger charge is 1.94. The molecule has 25 heavy (non-hydrogen) atoms. The second-order valence-electron chi connectivity index (χ2n) is 4.59. The predicted octanol–water partition coefficient (Wildman–Crippen LogP) is 5.89. The third-order valence-electron chi connectivity index (χ3n) is 2.40. The van der Waals surface area contributed by atoms with Gasteiger partial charge in [-0.15, -0.1) is 20.4 Å². The first kappa shape index (κ1) is 23.3. The van der Waals surface area contributed by atoms with Gasteiger partial charge >= 0.3 is 0 Å². The van der Waals surface area contributed by atoms with Crippen LogP contribution in [0.1, 0.15) is 32.4 Å². The molecule has 0 bridgehead atoms. The van der Waals surface area contributed by atoms with Crippen LogP contribution in [0, 0.1) is 0 Å². The minimum Gasteiger partial charge on any atom is -0.502 e. The Labute approximate surface area is 163 Å². The lowest BCUT2D eigenvalue weighted by Crippen LogP contribution is -1.87. The van der Waals surface area contributed by atoms with Gasteiger partial charge in [0.25, 0.3) is 0 Å². The summed E-state index contributed by atoms with van der Waals surface area (Å²) in [7, 11) is 0. The van der Waals surface area contributed by atoms with E-state index >= 15 is 0 Å². The molecule has 0 spiro atoms. The highest BCUT2D eigenvalue weighted by atomic mass is 35.5. The Morgan fingerprint density at radius 1 is 1.00 bits per heavy atom. The topological polar surface area (TPSA) is 60.8 Å². The third-order valence-corrected chi connectivity index (χ3v) is 3.01. The zero-order valence-electron chi connectivity index (χ0n) is 14.3. The van der Waals surface area contributed by atoms with E-state index in [9.17, 15) is 0 Å². The molecule has 2 heterocycles. The van der Waals surface area contributed by atoms with Gasteiger partial charge in [0.15, 0.2) is 15.5 Å². The van der Waals surface area contributed by atoms with Gasteiger partial charge in [0, 0.05) is 0 Å². The quantitative estimate of drug-likeness (QED) is 0.460. The highest BCUT2D eigenvalue weighted by Crippen LogP contribution is 2.08. The molecular weight excluding hydrogens is 383 g/mol. The number of aromatic nitrogens is 4. The van der Waals surface area contributed by atoms with Gasteiger partial charge in [0.2, 0.25) is 0 Å². The Morgan fingerprint density at radius 2 is 1.48 bits per heavy atom. The van der Waals surface area contributed by atoms with Gasteiger partial charge in [0.1, 0.15) is 0 Å². The largest absolute Gasteiger partial charge is 0.502 e. The Bertz CT molecular complexity index is 598. The highest BCUT2D eigenvalue weighted by molar-refractivity contribution is 6.31. The van der Waals surface area contributed by atoms with E-state index in [1.807, 2.05) is 6.92 Å². The molecule has 136 valence electrons. The summed E-state index contributed by atoms with van der Waals surface area (Å²) in [5.41, 5.74) is 1.67. The lowest BCUT2D eigenvalue weighted by molar-refractivity contribution is 0.245. The number of allylic oxidation sites excluding steroid dienone is 1. The molecule has 0 aliphatic heterocycles. The van der Waals surface area contributed by atoms with E-state index in [-0.39, 0.29) is 0 Å². The Kier molecular flexibility index (Phi) is 13.6. The van der Waals surface area contributed by atoms with Crippen LogP contribution in [0.25, 0.3) is 5.57 Å². The van der Waals surface area contributed by atoms with Crippen molar-refractivity contribution in [2.75, 3.05) is 6.61 Å². The van der Waals surface area contributed by atoms with Crippen LogP contribution >= 0.6 is 34.8 Å². The molecule has 0 N–H and O–H groups in total. The Balaban J connectivity index is 0.000000353. The molecule has 0 aromatic carbocycles. The monoisotopic (exact) mass is 402 g/mol. The van der Waals surface area contributed by atoms with Gasteiger partial charge < -0.3 is 4.74 Å². The van der Waals surface area contributed by atoms with Crippen LogP contribution in [-0.4, -0.2) is 27.0 Å². The summed E-state index contributed by atoms with van der Waals surface area (Å²) in [6, 6.07) is 6.64. The van der Waals surface area contributed by atoms with Gasteiger partial charge in [-0.1, -0.05) is 61.3 Å². The zero-order chi connectivity index (χ0) is 19.1. The first-order valence-electron chi connectivity index (χ1n) is 7.43. The van der Waals surface area contributed by atoms with Gasteiger partial charge in [0.05, 0.1) is 18.6 Å². The number of halogens is 3. The molecule has 0 saturated heterocycles. The van der Waals surface area contributed by atoms with Crippen LogP contribution in [-0.2, 0) is 4.74 Å². The van der Waals surface area contributed by atoms with E-state index in [2.05, 4.69) is 40.5 Å². The standard InChI is InChI=1S/C7H7ClN2.C6H12O.C4H2Cl2N2/c1-5(2)6-3-4-7(8)10-9-6;1-3-5-6-7-4-2;5-3-1-2-4(6)8-7-3/h3-4H,1H2,2H3;4H,2-3,5-6H2,1H3;1-2H. The molecule has 0 fully saturated rings. The summed E-state index contributed by atoms with van der Waals surface area (Å²) in [6.07, 6.45) is 3.80. The van der Waals surface area contributed by atoms with Gasteiger partial charge in [-0.2, -0.15) is 0 Å². The van der Waals surface area contributed by atoms with E-state index in [0.29, 0.717) is 15.5 Å². The summed E-state index contributed by atoms with van der Waals surface area (Å²) in [4.78, 5) is 0. The molecule has 0 atom stereocenters. The average molecular weight is 404 g/mol. The second kappa shape index (κ2) is 14.6.